The van der Waals surface area contributed by atoms with Gasteiger partial charge in [-0.25, -0.2) is 0 Å². The molecule has 4 nitrogen and oxygen atoms in total. The van der Waals surface area contributed by atoms with Crippen LogP contribution in [0.25, 0.3) is 0 Å². The first-order valence-corrected chi connectivity index (χ1v) is 5.37. The predicted molar refractivity (Wildman–Crippen MR) is 55.4 cm³/mol. The Bertz CT molecular complexity index is 177. The number of ether oxygens (including phenoxy) is 1. The zero-order valence-electron chi connectivity index (χ0n) is 8.61. The van der Waals surface area contributed by atoms with Crippen molar-refractivity contribution in [2.24, 2.45) is 16.8 Å². The van der Waals surface area contributed by atoms with Crippen LogP contribution in [0.2, 0.25) is 0 Å². The minimum absolute atomic E-state index is 0.244. The van der Waals surface area contributed by atoms with E-state index in [9.17, 15) is 0 Å². The maximum atomic E-state index is 8.29. The van der Waals surface area contributed by atoms with Crippen LogP contribution in [0, 0.1) is 5.92 Å². The molecule has 0 aromatic rings. The average molecular weight is 200 g/mol. The Hall–Kier alpha value is -0.770. The summed E-state index contributed by atoms with van der Waals surface area (Å²) in [7, 11) is 0. The fourth-order valence-electron chi connectivity index (χ4n) is 1.83. The summed E-state index contributed by atoms with van der Waals surface area (Å²) in [5.74, 6) is 0.977. The fourth-order valence-corrected chi connectivity index (χ4v) is 1.83. The van der Waals surface area contributed by atoms with Crippen LogP contribution in [0.15, 0.2) is 5.16 Å². The molecule has 1 rings (SSSR count). The van der Waals surface area contributed by atoms with Crippen molar-refractivity contribution in [3.63, 3.8) is 0 Å². The Balaban J connectivity index is 1.97. The summed E-state index contributed by atoms with van der Waals surface area (Å²) in [5.41, 5.74) is 5.31. The smallest absolute Gasteiger partial charge is 0.141 e. The molecule has 3 N–H and O–H groups in total. The van der Waals surface area contributed by atoms with Gasteiger partial charge in [0.1, 0.15) is 5.84 Å². The molecule has 0 bridgehead atoms. The van der Waals surface area contributed by atoms with Crippen LogP contribution in [-0.4, -0.2) is 24.3 Å². The first kappa shape index (κ1) is 11.3. The normalized spacial score (nSPS) is 19.9. The molecule has 0 aliphatic heterocycles. The van der Waals surface area contributed by atoms with E-state index in [4.69, 9.17) is 15.7 Å². The topological polar surface area (TPSA) is 67.8 Å². The van der Waals surface area contributed by atoms with Gasteiger partial charge in [0.2, 0.25) is 0 Å². The van der Waals surface area contributed by atoms with E-state index in [0.29, 0.717) is 13.0 Å². The van der Waals surface area contributed by atoms with E-state index in [2.05, 4.69) is 5.16 Å². The number of nitrogens with two attached hydrogens (primary N) is 1. The molecule has 0 spiro atoms. The van der Waals surface area contributed by atoms with Gasteiger partial charge in [0.05, 0.1) is 6.61 Å². The third kappa shape index (κ3) is 4.46. The van der Waals surface area contributed by atoms with E-state index in [0.717, 1.165) is 12.5 Å². The lowest BCUT2D eigenvalue weighted by Gasteiger charge is -2.21. The van der Waals surface area contributed by atoms with Gasteiger partial charge in [-0.2, -0.15) is 0 Å². The van der Waals surface area contributed by atoms with Gasteiger partial charge in [0.25, 0.3) is 0 Å². The molecule has 0 heterocycles. The Kier molecular flexibility index (Phi) is 5.37. The van der Waals surface area contributed by atoms with Gasteiger partial charge in [0, 0.05) is 13.0 Å². The Morgan fingerprint density at radius 3 is 2.71 bits per heavy atom. The molecule has 1 aliphatic rings. The first-order valence-electron chi connectivity index (χ1n) is 5.37. The quantitative estimate of drug-likeness (QED) is 0.233. The standard InChI is InChI=1S/C10H20N2O2/c11-10(12-13)6-7-14-8-9-4-2-1-3-5-9/h9,13H,1-8H2,(H2,11,12). The molecule has 1 saturated carbocycles. The zero-order chi connectivity index (χ0) is 10.2. The van der Waals surface area contributed by atoms with Gasteiger partial charge in [-0.05, 0) is 18.8 Å². The molecular weight excluding hydrogens is 180 g/mol. The van der Waals surface area contributed by atoms with E-state index < -0.39 is 0 Å². The highest BCUT2D eigenvalue weighted by molar-refractivity contribution is 5.79. The van der Waals surface area contributed by atoms with Gasteiger partial charge in [-0.15, -0.1) is 0 Å². The number of rotatable bonds is 5. The lowest BCUT2D eigenvalue weighted by molar-refractivity contribution is 0.0898. The molecule has 0 aromatic heterocycles. The third-order valence-electron chi connectivity index (χ3n) is 2.71. The first-order chi connectivity index (χ1) is 6.83. The highest BCUT2D eigenvalue weighted by Gasteiger charge is 2.12. The van der Waals surface area contributed by atoms with Crippen molar-refractivity contribution in [1.82, 2.24) is 0 Å². The van der Waals surface area contributed by atoms with Gasteiger partial charge in [-0.3, -0.25) is 0 Å². The summed E-state index contributed by atoms with van der Waals surface area (Å²) < 4.78 is 5.47. The molecule has 0 unspecified atom stereocenters. The Morgan fingerprint density at radius 2 is 2.07 bits per heavy atom. The largest absolute Gasteiger partial charge is 0.409 e. The predicted octanol–water partition coefficient (Wildman–Crippen LogP) is 1.72. The Labute approximate surface area is 85.1 Å². The van der Waals surface area contributed by atoms with Crippen molar-refractivity contribution >= 4 is 5.84 Å². The molecule has 0 atom stereocenters. The zero-order valence-corrected chi connectivity index (χ0v) is 8.61. The third-order valence-corrected chi connectivity index (χ3v) is 2.71. The molecule has 0 aromatic carbocycles. The summed E-state index contributed by atoms with van der Waals surface area (Å²) in [6.45, 7) is 1.39. The van der Waals surface area contributed by atoms with Crippen molar-refractivity contribution < 1.29 is 9.94 Å². The molecule has 0 saturated heterocycles. The summed E-state index contributed by atoms with van der Waals surface area (Å²) in [6, 6.07) is 0. The van der Waals surface area contributed by atoms with E-state index >= 15 is 0 Å². The number of nitrogens with zero attached hydrogens (tertiary/aromatic N) is 1. The highest BCUT2D eigenvalue weighted by Crippen LogP contribution is 2.23. The average Bonchev–Trinajstić information content (AvgIpc) is 2.25. The lowest BCUT2D eigenvalue weighted by Crippen LogP contribution is -2.17. The SMILES string of the molecule is NC(CCOCC1CCCCC1)=NO. The number of hydrogen-bond acceptors (Lipinski definition) is 3. The van der Waals surface area contributed by atoms with Gasteiger partial charge in [-0.1, -0.05) is 24.4 Å². The van der Waals surface area contributed by atoms with Crippen LogP contribution < -0.4 is 5.73 Å². The van der Waals surface area contributed by atoms with Gasteiger partial charge in [0.15, 0.2) is 0 Å². The highest BCUT2D eigenvalue weighted by atomic mass is 16.5. The second-order valence-corrected chi connectivity index (χ2v) is 3.92. The number of oxime groups is 1. The monoisotopic (exact) mass is 200 g/mol. The second kappa shape index (κ2) is 6.65. The molecule has 0 amide bonds. The molecular formula is C10H20N2O2. The van der Waals surface area contributed by atoms with E-state index in [-0.39, 0.29) is 5.84 Å². The summed E-state index contributed by atoms with van der Waals surface area (Å²) >= 11 is 0. The molecule has 1 fully saturated rings. The van der Waals surface area contributed by atoms with Gasteiger partial charge >= 0.3 is 0 Å². The van der Waals surface area contributed by atoms with Gasteiger partial charge < -0.3 is 15.7 Å². The summed E-state index contributed by atoms with van der Waals surface area (Å²) in [4.78, 5) is 0. The van der Waals surface area contributed by atoms with Crippen molar-refractivity contribution in [3.05, 3.63) is 0 Å². The molecule has 14 heavy (non-hydrogen) atoms. The second-order valence-electron chi connectivity index (χ2n) is 3.92. The van der Waals surface area contributed by atoms with Crippen LogP contribution in [0.1, 0.15) is 38.5 Å². The summed E-state index contributed by atoms with van der Waals surface area (Å²) in [5, 5.41) is 11.2. The molecule has 0 radical (unpaired) electrons. The number of hydrogen-bond donors (Lipinski definition) is 2. The maximum absolute atomic E-state index is 8.29. The minimum Gasteiger partial charge on any atom is -0.409 e. The lowest BCUT2D eigenvalue weighted by atomic mass is 9.90. The fraction of sp³-hybridized carbons (Fsp3) is 0.900. The van der Waals surface area contributed by atoms with Crippen LogP contribution in [0.3, 0.4) is 0 Å². The van der Waals surface area contributed by atoms with Crippen LogP contribution in [0.5, 0.6) is 0 Å². The van der Waals surface area contributed by atoms with E-state index in [1.54, 1.807) is 0 Å². The van der Waals surface area contributed by atoms with Crippen LogP contribution >= 0.6 is 0 Å². The molecule has 4 heteroatoms. The maximum Gasteiger partial charge on any atom is 0.141 e. The van der Waals surface area contributed by atoms with Crippen LogP contribution in [0.4, 0.5) is 0 Å². The van der Waals surface area contributed by atoms with Crippen molar-refractivity contribution in [2.45, 2.75) is 38.5 Å². The molecule has 1 aliphatic carbocycles. The van der Waals surface area contributed by atoms with Crippen molar-refractivity contribution in [1.29, 1.82) is 0 Å². The summed E-state index contributed by atoms with van der Waals surface area (Å²) in [6.07, 6.45) is 7.17. The van der Waals surface area contributed by atoms with Crippen LogP contribution in [-0.2, 0) is 4.74 Å². The van der Waals surface area contributed by atoms with E-state index in [1.165, 1.54) is 32.1 Å². The van der Waals surface area contributed by atoms with E-state index in [1.807, 2.05) is 0 Å². The minimum atomic E-state index is 0.244. The molecule has 82 valence electrons. The van der Waals surface area contributed by atoms with Crippen molar-refractivity contribution in [2.75, 3.05) is 13.2 Å². The Morgan fingerprint density at radius 1 is 1.36 bits per heavy atom. The van der Waals surface area contributed by atoms with Crippen molar-refractivity contribution in [3.8, 4) is 0 Å². The number of amidine groups is 1.